The van der Waals surface area contributed by atoms with Gasteiger partial charge in [-0.25, -0.2) is 13.1 Å². The molecule has 1 aromatic rings. The Morgan fingerprint density at radius 3 is 2.69 bits per heavy atom. The van der Waals surface area contributed by atoms with E-state index in [1.807, 2.05) is 6.07 Å². The fraction of sp³-hybridized carbons (Fsp3) is 0.455. The minimum atomic E-state index is -3.33. The predicted octanol–water partition coefficient (Wildman–Crippen LogP) is 2.53. The summed E-state index contributed by atoms with van der Waals surface area (Å²) in [5.41, 5.74) is 0. The summed E-state index contributed by atoms with van der Waals surface area (Å²) in [4.78, 5) is 0.321. The third kappa shape index (κ3) is 2.84. The monoisotopic (exact) mass is 303 g/mol. The first-order valence-corrected chi connectivity index (χ1v) is 7.61. The van der Waals surface area contributed by atoms with Gasteiger partial charge in [0.1, 0.15) is 0 Å². The van der Waals surface area contributed by atoms with Crippen molar-refractivity contribution in [1.29, 1.82) is 0 Å². The summed E-state index contributed by atoms with van der Waals surface area (Å²) >= 11 is 3.27. The molecule has 0 amide bonds. The topological polar surface area (TPSA) is 46.2 Å². The maximum Gasteiger partial charge on any atom is 0.240 e. The molecule has 1 aromatic carbocycles. The van der Waals surface area contributed by atoms with E-state index in [9.17, 15) is 8.42 Å². The lowest BCUT2D eigenvalue weighted by Crippen LogP contribution is -2.32. The van der Waals surface area contributed by atoms with Gasteiger partial charge in [-0.05, 0) is 37.0 Å². The van der Waals surface area contributed by atoms with Gasteiger partial charge >= 0.3 is 0 Å². The molecule has 0 aliphatic heterocycles. The number of hydrogen-bond acceptors (Lipinski definition) is 2. The highest BCUT2D eigenvalue weighted by atomic mass is 79.9. The second-order valence-corrected chi connectivity index (χ2v) is 6.79. The lowest BCUT2D eigenvalue weighted by Gasteiger charge is -2.25. The number of hydrogen-bond donors (Lipinski definition) is 1. The Morgan fingerprint density at radius 2 is 2.12 bits per heavy atom. The summed E-state index contributed by atoms with van der Waals surface area (Å²) < 4.78 is 27.2. The lowest BCUT2D eigenvalue weighted by atomic mass is 9.86. The Balaban J connectivity index is 2.05. The molecule has 3 nitrogen and oxygen atoms in total. The molecule has 0 bridgehead atoms. The van der Waals surface area contributed by atoms with Gasteiger partial charge in [0.15, 0.2) is 0 Å². The molecule has 1 aliphatic carbocycles. The zero-order valence-corrected chi connectivity index (χ0v) is 11.2. The molecule has 0 aromatic heterocycles. The average Bonchev–Trinajstić information content (AvgIpc) is 2.15. The van der Waals surface area contributed by atoms with E-state index in [0.717, 1.165) is 17.3 Å². The predicted molar refractivity (Wildman–Crippen MR) is 66.7 cm³/mol. The van der Waals surface area contributed by atoms with Gasteiger partial charge in [0, 0.05) is 11.0 Å². The van der Waals surface area contributed by atoms with Crippen molar-refractivity contribution in [2.24, 2.45) is 5.92 Å². The maximum absolute atomic E-state index is 11.9. The average molecular weight is 304 g/mol. The first-order valence-electron chi connectivity index (χ1n) is 5.33. The molecule has 1 N–H and O–H groups in total. The van der Waals surface area contributed by atoms with Crippen molar-refractivity contribution < 1.29 is 8.42 Å². The van der Waals surface area contributed by atoms with Crippen LogP contribution in [0.2, 0.25) is 0 Å². The molecule has 2 rings (SSSR count). The van der Waals surface area contributed by atoms with Gasteiger partial charge in [0.2, 0.25) is 10.0 Å². The third-order valence-electron chi connectivity index (χ3n) is 2.89. The van der Waals surface area contributed by atoms with Crippen molar-refractivity contribution in [2.45, 2.75) is 24.2 Å². The van der Waals surface area contributed by atoms with Gasteiger partial charge in [-0.3, -0.25) is 0 Å². The number of benzene rings is 1. The van der Waals surface area contributed by atoms with Gasteiger partial charge in [0.05, 0.1) is 4.90 Å². The molecule has 5 heteroatoms. The van der Waals surface area contributed by atoms with E-state index < -0.39 is 10.0 Å². The standard InChI is InChI=1S/C11H14BrNO2S/c12-10-5-2-6-11(7-10)16(14,15)13-8-9-3-1-4-9/h2,5-7,9,13H,1,3-4,8H2. The molecular weight excluding hydrogens is 290 g/mol. The van der Waals surface area contributed by atoms with Crippen molar-refractivity contribution in [3.8, 4) is 0 Å². The summed E-state index contributed by atoms with van der Waals surface area (Å²) in [6, 6.07) is 6.75. The molecule has 1 saturated carbocycles. The van der Waals surface area contributed by atoms with Crippen LogP contribution in [0.1, 0.15) is 19.3 Å². The van der Waals surface area contributed by atoms with Crippen molar-refractivity contribution in [2.75, 3.05) is 6.54 Å². The number of rotatable bonds is 4. The molecule has 0 radical (unpaired) electrons. The van der Waals surface area contributed by atoms with E-state index in [4.69, 9.17) is 0 Å². The Bertz CT molecular complexity index is 469. The smallest absolute Gasteiger partial charge is 0.211 e. The highest BCUT2D eigenvalue weighted by Crippen LogP contribution is 2.26. The molecular formula is C11H14BrNO2S. The van der Waals surface area contributed by atoms with Crippen LogP contribution in [0, 0.1) is 5.92 Å². The van der Waals surface area contributed by atoms with Crippen LogP contribution in [-0.4, -0.2) is 15.0 Å². The lowest BCUT2D eigenvalue weighted by molar-refractivity contribution is 0.316. The summed E-state index contributed by atoms with van der Waals surface area (Å²) in [6.07, 6.45) is 3.51. The zero-order chi connectivity index (χ0) is 11.6. The highest BCUT2D eigenvalue weighted by molar-refractivity contribution is 9.10. The summed E-state index contributed by atoms with van der Waals surface area (Å²) in [5, 5.41) is 0. The maximum atomic E-state index is 11.9. The van der Waals surface area contributed by atoms with Crippen molar-refractivity contribution in [3.05, 3.63) is 28.7 Å². The Kier molecular flexibility index (Phi) is 3.66. The molecule has 0 saturated heterocycles. The normalized spacial score (nSPS) is 17.1. The molecule has 1 fully saturated rings. The van der Waals surface area contributed by atoms with Crippen LogP contribution < -0.4 is 4.72 Å². The van der Waals surface area contributed by atoms with Crippen LogP contribution in [0.4, 0.5) is 0 Å². The molecule has 0 spiro atoms. The van der Waals surface area contributed by atoms with Crippen LogP contribution in [0.15, 0.2) is 33.6 Å². The summed E-state index contributed by atoms with van der Waals surface area (Å²) in [6.45, 7) is 0.564. The summed E-state index contributed by atoms with van der Waals surface area (Å²) in [5.74, 6) is 0.530. The van der Waals surface area contributed by atoms with E-state index in [2.05, 4.69) is 20.7 Å². The van der Waals surface area contributed by atoms with Crippen LogP contribution in [0.3, 0.4) is 0 Å². The SMILES string of the molecule is O=S(=O)(NCC1CCC1)c1cccc(Br)c1. The Morgan fingerprint density at radius 1 is 1.38 bits per heavy atom. The third-order valence-corrected chi connectivity index (χ3v) is 4.81. The molecule has 0 heterocycles. The fourth-order valence-electron chi connectivity index (χ4n) is 1.64. The zero-order valence-electron chi connectivity index (χ0n) is 8.82. The highest BCUT2D eigenvalue weighted by Gasteiger charge is 2.21. The van der Waals surface area contributed by atoms with E-state index >= 15 is 0 Å². The minimum absolute atomic E-state index is 0.321. The number of halogens is 1. The van der Waals surface area contributed by atoms with E-state index in [1.54, 1.807) is 18.2 Å². The largest absolute Gasteiger partial charge is 0.240 e. The van der Waals surface area contributed by atoms with Crippen LogP contribution in [-0.2, 0) is 10.0 Å². The Labute approximate surface area is 104 Å². The molecule has 1 aliphatic rings. The second-order valence-electron chi connectivity index (χ2n) is 4.11. The molecule has 0 unspecified atom stereocenters. The Hall–Kier alpha value is -0.390. The number of nitrogens with one attached hydrogen (secondary N) is 1. The van der Waals surface area contributed by atoms with Crippen LogP contribution in [0.25, 0.3) is 0 Å². The van der Waals surface area contributed by atoms with Gasteiger partial charge in [-0.15, -0.1) is 0 Å². The summed E-state index contributed by atoms with van der Waals surface area (Å²) in [7, 11) is -3.33. The van der Waals surface area contributed by atoms with Crippen molar-refractivity contribution in [3.63, 3.8) is 0 Å². The minimum Gasteiger partial charge on any atom is -0.211 e. The van der Waals surface area contributed by atoms with Gasteiger partial charge in [-0.2, -0.15) is 0 Å². The molecule has 88 valence electrons. The molecule has 16 heavy (non-hydrogen) atoms. The van der Waals surface area contributed by atoms with Gasteiger partial charge < -0.3 is 0 Å². The van der Waals surface area contributed by atoms with E-state index in [-0.39, 0.29) is 0 Å². The van der Waals surface area contributed by atoms with Crippen LogP contribution in [0.5, 0.6) is 0 Å². The van der Waals surface area contributed by atoms with Crippen molar-refractivity contribution in [1.82, 2.24) is 4.72 Å². The molecule has 0 atom stereocenters. The van der Waals surface area contributed by atoms with Gasteiger partial charge in [0.25, 0.3) is 0 Å². The van der Waals surface area contributed by atoms with Crippen LogP contribution >= 0.6 is 15.9 Å². The van der Waals surface area contributed by atoms with Gasteiger partial charge in [-0.1, -0.05) is 28.4 Å². The van der Waals surface area contributed by atoms with Crippen molar-refractivity contribution >= 4 is 26.0 Å². The second kappa shape index (κ2) is 4.85. The first-order chi connectivity index (χ1) is 7.58. The van der Waals surface area contributed by atoms with E-state index in [1.165, 1.54) is 6.42 Å². The van der Waals surface area contributed by atoms with E-state index in [0.29, 0.717) is 17.4 Å². The number of sulfonamides is 1. The first kappa shape index (κ1) is 12.1. The fourth-order valence-corrected chi connectivity index (χ4v) is 3.35. The quantitative estimate of drug-likeness (QED) is 0.929.